The van der Waals surface area contributed by atoms with E-state index in [0.29, 0.717) is 12.1 Å². The van der Waals surface area contributed by atoms with Crippen molar-refractivity contribution in [2.24, 2.45) is 0 Å². The molecule has 0 saturated carbocycles. The number of halogens is 8. The van der Waals surface area contributed by atoms with Crippen LogP contribution in [0.25, 0.3) is 5.83 Å². The zero-order valence-electron chi connectivity index (χ0n) is 10.8. The summed E-state index contributed by atoms with van der Waals surface area (Å²) >= 11 is 0. The highest BCUT2D eigenvalue weighted by Crippen LogP contribution is 2.49. The van der Waals surface area contributed by atoms with Crippen molar-refractivity contribution < 1.29 is 35.1 Å². The fraction of sp³-hybridized carbons (Fsp3) is 0.0667. The lowest BCUT2D eigenvalue weighted by Gasteiger charge is -2.14. The molecule has 0 amide bonds. The maximum absolute atomic E-state index is 14.0. The van der Waals surface area contributed by atoms with Gasteiger partial charge in [0.15, 0.2) is 40.7 Å². The Labute approximate surface area is 123 Å². The van der Waals surface area contributed by atoms with Gasteiger partial charge in [-0.25, -0.2) is 35.1 Å². The Morgan fingerprint density at radius 2 is 1.26 bits per heavy atom. The molecule has 2 aromatic rings. The summed E-state index contributed by atoms with van der Waals surface area (Å²) in [4.78, 5) is 0. The summed E-state index contributed by atoms with van der Waals surface area (Å²) in [5.41, 5.74) is -3.05. The number of hydrogen-bond acceptors (Lipinski definition) is 0. The van der Waals surface area contributed by atoms with Crippen molar-refractivity contribution in [3.8, 4) is 0 Å². The van der Waals surface area contributed by atoms with Gasteiger partial charge in [0.1, 0.15) is 5.83 Å². The summed E-state index contributed by atoms with van der Waals surface area (Å²) in [5.74, 6) is -17.1. The van der Waals surface area contributed by atoms with Crippen LogP contribution in [0.3, 0.4) is 0 Å². The van der Waals surface area contributed by atoms with Crippen LogP contribution in [0.5, 0.6) is 0 Å². The molecule has 0 bridgehead atoms. The number of rotatable bonds is 1. The van der Waals surface area contributed by atoms with E-state index in [0.717, 1.165) is 6.07 Å². The highest BCUT2D eigenvalue weighted by atomic mass is 19.2. The van der Waals surface area contributed by atoms with Crippen molar-refractivity contribution in [1.29, 1.82) is 0 Å². The number of allylic oxidation sites excluding steroid dienone is 1. The van der Waals surface area contributed by atoms with Crippen molar-refractivity contribution in [2.45, 2.75) is 5.92 Å². The van der Waals surface area contributed by atoms with Crippen LogP contribution in [0.2, 0.25) is 0 Å². The highest BCUT2D eigenvalue weighted by molar-refractivity contribution is 5.75. The molecule has 3 rings (SSSR count). The molecule has 2 aromatic carbocycles. The van der Waals surface area contributed by atoms with Gasteiger partial charge in [-0.3, -0.25) is 0 Å². The normalized spacial score (nSPS) is 17.0. The quantitative estimate of drug-likeness (QED) is 0.378. The molecule has 1 unspecified atom stereocenters. The van der Waals surface area contributed by atoms with Crippen LogP contribution in [0.15, 0.2) is 24.0 Å². The van der Waals surface area contributed by atoms with E-state index >= 15 is 0 Å². The van der Waals surface area contributed by atoms with Gasteiger partial charge in [-0.05, 0) is 17.7 Å². The van der Waals surface area contributed by atoms with Crippen molar-refractivity contribution >= 4 is 5.83 Å². The maximum Gasteiger partial charge on any atom is 0.198 e. The third-order valence-electron chi connectivity index (χ3n) is 3.55. The minimum atomic E-state index is -2.30. The summed E-state index contributed by atoms with van der Waals surface area (Å²) in [6.07, 6.45) is 0. The minimum Gasteiger partial charge on any atom is -0.208 e. The largest absolute Gasteiger partial charge is 0.208 e. The molecule has 8 heteroatoms. The van der Waals surface area contributed by atoms with Gasteiger partial charge in [0.25, 0.3) is 0 Å². The molecule has 0 spiro atoms. The second kappa shape index (κ2) is 5.07. The van der Waals surface area contributed by atoms with Gasteiger partial charge >= 0.3 is 0 Å². The third-order valence-corrected chi connectivity index (χ3v) is 3.55. The first-order valence-electron chi connectivity index (χ1n) is 6.12. The summed E-state index contributed by atoms with van der Waals surface area (Å²) in [7, 11) is 0. The van der Waals surface area contributed by atoms with E-state index in [1.54, 1.807) is 0 Å². The van der Waals surface area contributed by atoms with E-state index < -0.39 is 69.2 Å². The van der Waals surface area contributed by atoms with Crippen LogP contribution in [-0.4, -0.2) is 0 Å². The summed E-state index contributed by atoms with van der Waals surface area (Å²) in [6, 6.07) is 1.78. The van der Waals surface area contributed by atoms with Crippen molar-refractivity contribution in [3.05, 3.63) is 75.6 Å². The Balaban J connectivity index is 2.33. The number of benzene rings is 2. The second-order valence-corrected chi connectivity index (χ2v) is 4.81. The van der Waals surface area contributed by atoms with Gasteiger partial charge < -0.3 is 0 Å². The molecule has 1 atom stereocenters. The molecule has 0 aromatic heterocycles. The summed E-state index contributed by atoms with van der Waals surface area (Å²) in [5, 5.41) is 0. The van der Waals surface area contributed by atoms with E-state index in [1.807, 2.05) is 0 Å². The summed E-state index contributed by atoms with van der Waals surface area (Å²) in [6.45, 7) is 0. The Hall–Kier alpha value is -2.38. The predicted molar refractivity (Wildman–Crippen MR) is 63.6 cm³/mol. The maximum atomic E-state index is 14.0. The van der Waals surface area contributed by atoms with Crippen LogP contribution < -0.4 is 0 Å². The Bertz CT molecular complexity index is 869. The van der Waals surface area contributed by atoms with Crippen LogP contribution in [-0.2, 0) is 0 Å². The first kappa shape index (κ1) is 15.5. The van der Waals surface area contributed by atoms with Gasteiger partial charge in [-0.15, -0.1) is 0 Å². The zero-order valence-corrected chi connectivity index (χ0v) is 10.8. The zero-order chi connectivity index (χ0) is 17.0. The van der Waals surface area contributed by atoms with Gasteiger partial charge in [-0.2, -0.15) is 0 Å². The molecule has 0 heterocycles. The average Bonchev–Trinajstić information content (AvgIpc) is 2.78. The predicted octanol–water partition coefficient (Wildman–Crippen LogP) is 5.27. The van der Waals surface area contributed by atoms with E-state index in [9.17, 15) is 35.1 Å². The molecule has 120 valence electrons. The minimum absolute atomic E-state index is 0.431. The Morgan fingerprint density at radius 3 is 1.87 bits per heavy atom. The topological polar surface area (TPSA) is 0 Å². The lowest BCUT2D eigenvalue weighted by Crippen LogP contribution is -2.09. The molecule has 0 saturated heterocycles. The molecule has 0 radical (unpaired) electrons. The molecule has 1 aliphatic rings. The Morgan fingerprint density at radius 1 is 0.652 bits per heavy atom. The monoisotopic (exact) mass is 336 g/mol. The standard InChI is InChI=1S/C15H4F8/c16-5-2-1-4(3-6(5)17)7-8-9(12(20)10(7)18)13(21)15(23)14(22)11(8)19/h1-3,7H. The molecular formula is C15H4F8. The molecule has 1 aliphatic carbocycles. The van der Waals surface area contributed by atoms with Crippen LogP contribution in [0.4, 0.5) is 35.1 Å². The lowest BCUT2D eigenvalue weighted by atomic mass is 9.91. The molecule has 23 heavy (non-hydrogen) atoms. The lowest BCUT2D eigenvalue weighted by molar-refractivity contribution is 0.401. The average molecular weight is 336 g/mol. The van der Waals surface area contributed by atoms with Crippen molar-refractivity contribution in [1.82, 2.24) is 0 Å². The number of hydrogen-bond donors (Lipinski definition) is 0. The smallest absolute Gasteiger partial charge is 0.198 e. The SMILES string of the molecule is FC1=C(F)C(c2ccc(F)c(F)c2)c2c(F)c(F)c(F)c(F)c21. The molecule has 0 fully saturated rings. The first-order valence-corrected chi connectivity index (χ1v) is 6.12. The Kier molecular flexibility index (Phi) is 3.42. The van der Waals surface area contributed by atoms with E-state index in [-0.39, 0.29) is 0 Å². The van der Waals surface area contributed by atoms with Gasteiger partial charge in [-0.1, -0.05) is 6.07 Å². The highest BCUT2D eigenvalue weighted by Gasteiger charge is 2.42. The third kappa shape index (κ3) is 2.04. The fourth-order valence-corrected chi connectivity index (χ4v) is 2.51. The van der Waals surface area contributed by atoms with Crippen molar-refractivity contribution in [2.75, 3.05) is 0 Å². The molecule has 0 N–H and O–H groups in total. The molecular weight excluding hydrogens is 332 g/mol. The number of fused-ring (bicyclic) bond motifs is 1. The molecule has 0 nitrogen and oxygen atoms in total. The van der Waals surface area contributed by atoms with Gasteiger partial charge in [0.05, 0.1) is 11.5 Å². The van der Waals surface area contributed by atoms with Crippen LogP contribution in [0, 0.1) is 34.9 Å². The fourth-order valence-electron chi connectivity index (χ4n) is 2.51. The van der Waals surface area contributed by atoms with Gasteiger partial charge in [0.2, 0.25) is 0 Å². The van der Waals surface area contributed by atoms with E-state index in [4.69, 9.17) is 0 Å². The van der Waals surface area contributed by atoms with Crippen LogP contribution in [0.1, 0.15) is 22.6 Å². The molecule has 0 aliphatic heterocycles. The van der Waals surface area contributed by atoms with Crippen LogP contribution >= 0.6 is 0 Å². The van der Waals surface area contributed by atoms with Crippen molar-refractivity contribution in [3.63, 3.8) is 0 Å². The second-order valence-electron chi connectivity index (χ2n) is 4.81. The van der Waals surface area contributed by atoms with E-state index in [1.165, 1.54) is 0 Å². The van der Waals surface area contributed by atoms with Gasteiger partial charge in [0, 0.05) is 5.56 Å². The van der Waals surface area contributed by atoms with E-state index in [2.05, 4.69) is 0 Å². The summed E-state index contributed by atoms with van der Waals surface area (Å²) < 4.78 is 108. The first-order chi connectivity index (χ1) is 10.8.